The third-order valence-corrected chi connectivity index (χ3v) is 3.83. The summed E-state index contributed by atoms with van der Waals surface area (Å²) >= 11 is 12.1. The van der Waals surface area contributed by atoms with Gasteiger partial charge in [0.1, 0.15) is 6.10 Å². The molecule has 0 radical (unpaired) electrons. The number of ketones is 1. The van der Waals surface area contributed by atoms with E-state index in [4.69, 9.17) is 33.7 Å². The van der Waals surface area contributed by atoms with Crippen molar-refractivity contribution in [3.05, 3.63) is 57.6 Å². The van der Waals surface area contributed by atoms with E-state index in [1.807, 2.05) is 18.2 Å². The number of halogens is 2. The summed E-state index contributed by atoms with van der Waals surface area (Å²) in [5, 5.41) is 0.996. The average Bonchev–Trinajstić information content (AvgIpc) is 2.40. The van der Waals surface area contributed by atoms with Crippen LogP contribution in [0.15, 0.2) is 36.4 Å². The van der Waals surface area contributed by atoms with Gasteiger partial charge in [0.25, 0.3) is 0 Å². The normalized spacial score (nSPS) is 17.5. The highest BCUT2D eigenvalue weighted by molar-refractivity contribution is 6.32. The predicted molar refractivity (Wildman–Crippen MR) is 79.6 cm³/mol. The van der Waals surface area contributed by atoms with Gasteiger partial charge in [-0.25, -0.2) is 0 Å². The number of rotatable bonds is 1. The molecule has 0 spiro atoms. The van der Waals surface area contributed by atoms with Crippen LogP contribution in [-0.2, 0) is 0 Å². The first-order valence-corrected chi connectivity index (χ1v) is 6.85. The van der Waals surface area contributed by atoms with E-state index in [9.17, 15) is 4.79 Å². The van der Waals surface area contributed by atoms with Crippen molar-refractivity contribution in [2.24, 2.45) is 0 Å². The molecule has 0 saturated carbocycles. The summed E-state index contributed by atoms with van der Waals surface area (Å²) < 4.78 is 5.87. The number of carbonyl (C=O) groups excluding carboxylic acids is 1. The van der Waals surface area contributed by atoms with Crippen molar-refractivity contribution >= 4 is 34.7 Å². The molecule has 1 heterocycles. The maximum Gasteiger partial charge on any atom is 0.170 e. The molecule has 3 rings (SSSR count). The number of benzene rings is 2. The second-order valence-corrected chi connectivity index (χ2v) is 5.47. The summed E-state index contributed by atoms with van der Waals surface area (Å²) in [4.78, 5) is 12.2. The molecule has 0 bridgehead atoms. The highest BCUT2D eigenvalue weighted by atomic mass is 35.5. The first-order valence-electron chi connectivity index (χ1n) is 6.09. The fraction of sp³-hybridized carbons (Fsp3) is 0.133. The quantitative estimate of drug-likeness (QED) is 0.800. The van der Waals surface area contributed by atoms with Crippen molar-refractivity contribution in [3.63, 3.8) is 0 Å². The molecule has 5 heteroatoms. The van der Waals surface area contributed by atoms with Crippen molar-refractivity contribution in [2.75, 3.05) is 5.73 Å². The summed E-state index contributed by atoms with van der Waals surface area (Å²) in [7, 11) is 0. The molecule has 0 aromatic heterocycles. The first-order chi connectivity index (χ1) is 9.56. The number of Topliss-reactive ketones (excluding diaryl/α,β-unsaturated/α-hetero) is 1. The Morgan fingerprint density at radius 2 is 1.95 bits per heavy atom. The van der Waals surface area contributed by atoms with Crippen LogP contribution in [0.4, 0.5) is 5.69 Å². The molecule has 20 heavy (non-hydrogen) atoms. The van der Waals surface area contributed by atoms with Crippen LogP contribution >= 0.6 is 23.2 Å². The molecule has 0 amide bonds. The summed E-state index contributed by atoms with van der Waals surface area (Å²) in [5.41, 5.74) is 7.46. The van der Waals surface area contributed by atoms with E-state index in [1.54, 1.807) is 18.2 Å². The van der Waals surface area contributed by atoms with Crippen LogP contribution in [0.5, 0.6) is 5.75 Å². The molecule has 1 atom stereocenters. The van der Waals surface area contributed by atoms with Gasteiger partial charge in [0.05, 0.1) is 17.7 Å². The van der Waals surface area contributed by atoms with Gasteiger partial charge in [-0.2, -0.15) is 0 Å². The summed E-state index contributed by atoms with van der Waals surface area (Å²) in [5.74, 6) is 0.334. The zero-order chi connectivity index (χ0) is 14.3. The summed E-state index contributed by atoms with van der Waals surface area (Å²) in [6.45, 7) is 0. The monoisotopic (exact) mass is 307 g/mol. The van der Waals surface area contributed by atoms with E-state index in [1.165, 1.54) is 0 Å². The Morgan fingerprint density at radius 3 is 2.70 bits per heavy atom. The largest absolute Gasteiger partial charge is 0.482 e. The lowest BCUT2D eigenvalue weighted by molar-refractivity contribution is 0.0852. The molecule has 3 nitrogen and oxygen atoms in total. The Labute approximate surface area is 126 Å². The third kappa shape index (κ3) is 2.23. The maximum absolute atomic E-state index is 12.2. The number of fused-ring (bicyclic) bond motifs is 1. The number of nitrogen functional groups attached to an aromatic ring is 1. The Bertz CT molecular complexity index is 700. The Balaban J connectivity index is 2.05. The van der Waals surface area contributed by atoms with Gasteiger partial charge < -0.3 is 10.5 Å². The average molecular weight is 308 g/mol. The fourth-order valence-electron chi connectivity index (χ4n) is 2.33. The Morgan fingerprint density at radius 1 is 1.20 bits per heavy atom. The van der Waals surface area contributed by atoms with E-state index >= 15 is 0 Å². The van der Waals surface area contributed by atoms with Crippen LogP contribution in [0.25, 0.3) is 0 Å². The van der Waals surface area contributed by atoms with Crippen LogP contribution in [0.1, 0.15) is 28.4 Å². The van der Waals surface area contributed by atoms with E-state index in [-0.39, 0.29) is 12.2 Å². The van der Waals surface area contributed by atoms with E-state index in [2.05, 4.69) is 0 Å². The molecule has 0 saturated heterocycles. The molecule has 2 aromatic rings. The minimum atomic E-state index is -0.424. The van der Waals surface area contributed by atoms with Crippen LogP contribution in [0.3, 0.4) is 0 Å². The molecule has 2 N–H and O–H groups in total. The second-order valence-electron chi connectivity index (χ2n) is 4.63. The van der Waals surface area contributed by atoms with E-state index in [0.717, 1.165) is 5.56 Å². The van der Waals surface area contributed by atoms with Crippen molar-refractivity contribution < 1.29 is 9.53 Å². The van der Waals surface area contributed by atoms with Gasteiger partial charge in [-0.3, -0.25) is 4.79 Å². The number of carbonyl (C=O) groups is 1. The van der Waals surface area contributed by atoms with Crippen LogP contribution < -0.4 is 10.5 Å². The van der Waals surface area contributed by atoms with Crippen molar-refractivity contribution in [2.45, 2.75) is 12.5 Å². The second kappa shape index (κ2) is 5.00. The molecule has 1 aliphatic heterocycles. The fourth-order valence-corrected chi connectivity index (χ4v) is 2.81. The Kier molecular flexibility index (Phi) is 3.32. The molecular weight excluding hydrogens is 297 g/mol. The number of nitrogens with two attached hydrogens (primary N) is 1. The topological polar surface area (TPSA) is 52.3 Å². The number of hydrogen-bond acceptors (Lipinski definition) is 3. The molecule has 0 fully saturated rings. The number of hydrogen-bond donors (Lipinski definition) is 1. The van der Waals surface area contributed by atoms with Crippen molar-refractivity contribution in [3.8, 4) is 5.75 Å². The van der Waals surface area contributed by atoms with E-state index in [0.29, 0.717) is 27.0 Å². The zero-order valence-corrected chi connectivity index (χ0v) is 11.9. The first kappa shape index (κ1) is 13.3. The van der Waals surface area contributed by atoms with Crippen LogP contribution in [-0.4, -0.2) is 5.78 Å². The van der Waals surface area contributed by atoms with Crippen LogP contribution in [0, 0.1) is 0 Å². The lowest BCUT2D eigenvalue weighted by Gasteiger charge is -2.27. The molecular formula is C15H11Cl2NO2. The highest BCUT2D eigenvalue weighted by Crippen LogP contribution is 2.41. The molecule has 2 aromatic carbocycles. The minimum absolute atomic E-state index is 0.0506. The number of anilines is 1. The van der Waals surface area contributed by atoms with Gasteiger partial charge in [0, 0.05) is 15.6 Å². The molecule has 1 unspecified atom stereocenters. The predicted octanol–water partition coefficient (Wildman–Crippen LogP) is 4.28. The summed E-state index contributed by atoms with van der Waals surface area (Å²) in [6.07, 6.45) is -0.205. The van der Waals surface area contributed by atoms with Gasteiger partial charge in [0.2, 0.25) is 0 Å². The molecule has 102 valence electrons. The standard InChI is InChI=1S/C15H11Cl2NO2/c16-8-5-10-13(19)7-14(20-15(10)12(18)6-8)9-3-1-2-4-11(9)17/h1-6,14H,7,18H2. The lowest BCUT2D eigenvalue weighted by atomic mass is 9.96. The van der Waals surface area contributed by atoms with Gasteiger partial charge in [-0.15, -0.1) is 0 Å². The minimum Gasteiger partial charge on any atom is -0.482 e. The number of ether oxygens (including phenoxy) is 1. The van der Waals surface area contributed by atoms with Gasteiger partial charge in [-0.1, -0.05) is 41.4 Å². The maximum atomic E-state index is 12.2. The van der Waals surface area contributed by atoms with Crippen molar-refractivity contribution in [1.29, 1.82) is 0 Å². The Hall–Kier alpha value is -1.71. The third-order valence-electron chi connectivity index (χ3n) is 3.27. The SMILES string of the molecule is Nc1cc(Cl)cc2c1OC(c1ccccc1Cl)CC2=O. The van der Waals surface area contributed by atoms with E-state index < -0.39 is 6.10 Å². The van der Waals surface area contributed by atoms with Crippen LogP contribution in [0.2, 0.25) is 10.0 Å². The lowest BCUT2D eigenvalue weighted by Crippen LogP contribution is -2.21. The zero-order valence-electron chi connectivity index (χ0n) is 10.4. The summed E-state index contributed by atoms with van der Waals surface area (Å²) in [6, 6.07) is 10.5. The van der Waals surface area contributed by atoms with Crippen molar-refractivity contribution in [1.82, 2.24) is 0 Å². The highest BCUT2D eigenvalue weighted by Gasteiger charge is 2.30. The van der Waals surface area contributed by atoms with Gasteiger partial charge in [-0.05, 0) is 18.2 Å². The smallest absolute Gasteiger partial charge is 0.170 e. The van der Waals surface area contributed by atoms with Gasteiger partial charge >= 0.3 is 0 Å². The molecule has 0 aliphatic carbocycles. The molecule has 1 aliphatic rings. The van der Waals surface area contributed by atoms with Gasteiger partial charge in [0.15, 0.2) is 11.5 Å².